The van der Waals surface area contributed by atoms with Crippen molar-refractivity contribution in [2.75, 3.05) is 16.0 Å². The van der Waals surface area contributed by atoms with Crippen molar-refractivity contribution in [3.63, 3.8) is 0 Å². The van der Waals surface area contributed by atoms with Gasteiger partial charge in [0.15, 0.2) is 11.6 Å². The molecule has 0 aliphatic carbocycles. The molecule has 0 aliphatic heterocycles. The number of nitrogens with one attached hydrogen (secondary N) is 3. The van der Waals surface area contributed by atoms with Crippen molar-refractivity contribution in [2.45, 2.75) is 33.1 Å². The van der Waals surface area contributed by atoms with Gasteiger partial charge in [-0.3, -0.25) is 10.1 Å². The number of urea groups is 1. The Kier molecular flexibility index (Phi) is 6.31. The fraction of sp³-hybridized carbons (Fsp3) is 0.227. The van der Waals surface area contributed by atoms with Crippen LogP contribution in [0.4, 0.5) is 22.1 Å². The summed E-state index contributed by atoms with van der Waals surface area (Å²) in [7, 11) is 0. The minimum atomic E-state index is -0.446. The first-order valence-corrected chi connectivity index (χ1v) is 9.46. The third-order valence-electron chi connectivity index (χ3n) is 3.90. The first-order chi connectivity index (χ1) is 14.7. The van der Waals surface area contributed by atoms with Crippen molar-refractivity contribution >= 4 is 29.3 Å². The molecule has 9 nitrogen and oxygen atoms in total. The fourth-order valence-corrected chi connectivity index (χ4v) is 2.41. The molecule has 9 heteroatoms. The van der Waals surface area contributed by atoms with Crippen molar-refractivity contribution in [1.29, 1.82) is 0 Å². The van der Waals surface area contributed by atoms with E-state index in [2.05, 4.69) is 42.9 Å². The molecule has 0 spiro atoms. The van der Waals surface area contributed by atoms with Gasteiger partial charge >= 0.3 is 6.03 Å². The molecule has 0 radical (unpaired) electrons. The largest absolute Gasteiger partial charge is 0.359 e. The van der Waals surface area contributed by atoms with Crippen LogP contribution in [0.25, 0.3) is 0 Å². The van der Waals surface area contributed by atoms with Gasteiger partial charge in [-0.15, -0.1) is 0 Å². The Balaban J connectivity index is 1.63. The van der Waals surface area contributed by atoms with Gasteiger partial charge in [0.05, 0.1) is 12.4 Å². The van der Waals surface area contributed by atoms with E-state index in [1.165, 1.54) is 19.3 Å². The summed E-state index contributed by atoms with van der Waals surface area (Å²) < 4.78 is 5.26. The van der Waals surface area contributed by atoms with Crippen LogP contribution in [0.5, 0.6) is 0 Å². The number of hydrogen-bond acceptors (Lipinski definition) is 6. The lowest BCUT2D eigenvalue weighted by atomic mass is 9.93. The highest BCUT2D eigenvalue weighted by atomic mass is 16.5. The van der Waals surface area contributed by atoms with Gasteiger partial charge in [-0.2, -0.15) is 0 Å². The average Bonchev–Trinajstić information content (AvgIpc) is 3.16. The maximum Gasteiger partial charge on any atom is 0.324 e. The minimum Gasteiger partial charge on any atom is -0.359 e. The van der Waals surface area contributed by atoms with E-state index >= 15 is 0 Å². The van der Waals surface area contributed by atoms with E-state index in [1.54, 1.807) is 24.3 Å². The van der Waals surface area contributed by atoms with E-state index < -0.39 is 6.03 Å². The van der Waals surface area contributed by atoms with Gasteiger partial charge in [0.1, 0.15) is 11.5 Å². The van der Waals surface area contributed by atoms with Crippen LogP contribution >= 0.6 is 0 Å². The van der Waals surface area contributed by atoms with Gasteiger partial charge in [0.2, 0.25) is 5.91 Å². The van der Waals surface area contributed by atoms with Crippen LogP contribution in [0, 0.1) is 11.8 Å². The summed E-state index contributed by atoms with van der Waals surface area (Å²) in [5.41, 5.74) is 1.49. The normalized spacial score (nSPS) is 10.6. The minimum absolute atomic E-state index is 0.203. The zero-order valence-electron chi connectivity index (χ0n) is 17.6. The third kappa shape index (κ3) is 6.40. The first-order valence-electron chi connectivity index (χ1n) is 9.46. The van der Waals surface area contributed by atoms with Crippen molar-refractivity contribution in [3.8, 4) is 11.8 Å². The standard InChI is InChI=1S/C22H22N6O3/c1-14(29)25-20-13-23-17(12-24-20)9-8-15-6-5-7-16(10-15)26-21(30)27-19-11-18(31-28-19)22(2,3)4/h5-7,10-13H,1-4H3,(H,24,25,29)(H2,26,27,28,30). The highest BCUT2D eigenvalue weighted by molar-refractivity contribution is 5.99. The number of rotatable bonds is 3. The highest BCUT2D eigenvalue weighted by Gasteiger charge is 2.20. The van der Waals surface area contributed by atoms with Gasteiger partial charge in [-0.1, -0.05) is 37.9 Å². The molecule has 2 aromatic heterocycles. The van der Waals surface area contributed by atoms with Crippen LogP contribution in [-0.2, 0) is 10.2 Å². The molecule has 31 heavy (non-hydrogen) atoms. The van der Waals surface area contributed by atoms with Gasteiger partial charge in [0, 0.05) is 29.7 Å². The van der Waals surface area contributed by atoms with Crippen molar-refractivity contribution in [2.24, 2.45) is 0 Å². The molecule has 0 aliphatic rings. The number of hydrogen-bond donors (Lipinski definition) is 3. The van der Waals surface area contributed by atoms with Crippen LogP contribution in [0.2, 0.25) is 0 Å². The quantitative estimate of drug-likeness (QED) is 0.557. The summed E-state index contributed by atoms with van der Waals surface area (Å²) in [6.45, 7) is 7.37. The number of aromatic nitrogens is 3. The lowest BCUT2D eigenvalue weighted by Gasteiger charge is -2.12. The molecule has 158 valence electrons. The molecule has 3 amide bonds. The van der Waals surface area contributed by atoms with Crippen LogP contribution in [0.3, 0.4) is 0 Å². The van der Waals surface area contributed by atoms with Crippen molar-refractivity contribution < 1.29 is 14.1 Å². The van der Waals surface area contributed by atoms with Crippen LogP contribution < -0.4 is 16.0 Å². The van der Waals surface area contributed by atoms with Crippen LogP contribution in [0.15, 0.2) is 47.2 Å². The predicted molar refractivity (Wildman–Crippen MR) is 117 cm³/mol. The van der Waals surface area contributed by atoms with E-state index in [9.17, 15) is 9.59 Å². The monoisotopic (exact) mass is 418 g/mol. The zero-order chi connectivity index (χ0) is 22.4. The molecule has 3 N–H and O–H groups in total. The highest BCUT2D eigenvalue weighted by Crippen LogP contribution is 2.24. The number of carbonyl (C=O) groups excluding carboxylic acids is 2. The first kappa shape index (κ1) is 21.5. The second-order valence-electron chi connectivity index (χ2n) is 7.70. The molecule has 1 aromatic carbocycles. The molecule has 0 atom stereocenters. The number of anilines is 3. The second kappa shape index (κ2) is 9.09. The summed E-state index contributed by atoms with van der Waals surface area (Å²) in [5, 5.41) is 11.8. The van der Waals surface area contributed by atoms with E-state index in [4.69, 9.17) is 4.52 Å². The van der Waals surface area contributed by atoms with Crippen molar-refractivity contribution in [3.05, 3.63) is 59.7 Å². The Morgan fingerprint density at radius 3 is 2.42 bits per heavy atom. The molecular formula is C22H22N6O3. The smallest absolute Gasteiger partial charge is 0.324 e. The SMILES string of the molecule is CC(=O)Nc1cnc(C#Cc2cccc(NC(=O)Nc3cc(C(C)(C)C)on3)c2)cn1. The van der Waals surface area contributed by atoms with Gasteiger partial charge in [-0.05, 0) is 24.1 Å². The third-order valence-corrected chi connectivity index (χ3v) is 3.90. The molecule has 0 saturated carbocycles. The predicted octanol–water partition coefficient (Wildman–Crippen LogP) is 3.76. The molecular weight excluding hydrogens is 396 g/mol. The van der Waals surface area contributed by atoms with Gasteiger partial charge in [-0.25, -0.2) is 14.8 Å². The Hall–Kier alpha value is -4.19. The average molecular weight is 418 g/mol. The van der Waals surface area contributed by atoms with Gasteiger partial charge < -0.3 is 15.2 Å². The fourth-order valence-electron chi connectivity index (χ4n) is 2.41. The molecule has 2 heterocycles. The topological polar surface area (TPSA) is 122 Å². The number of carbonyl (C=O) groups is 2. The summed E-state index contributed by atoms with van der Waals surface area (Å²) in [5.74, 6) is 7.00. The Labute approximate surface area is 179 Å². The molecule has 3 rings (SSSR count). The summed E-state index contributed by atoms with van der Waals surface area (Å²) >= 11 is 0. The second-order valence-corrected chi connectivity index (χ2v) is 7.70. The summed E-state index contributed by atoms with van der Waals surface area (Å²) in [6.07, 6.45) is 2.90. The molecule has 0 saturated heterocycles. The number of benzene rings is 1. The molecule has 0 unspecified atom stereocenters. The lowest BCUT2D eigenvalue weighted by Crippen LogP contribution is -2.19. The van der Waals surface area contributed by atoms with Crippen molar-refractivity contribution in [1.82, 2.24) is 15.1 Å². The van der Waals surface area contributed by atoms with E-state index in [0.717, 1.165) is 0 Å². The van der Waals surface area contributed by atoms with E-state index in [0.29, 0.717) is 34.3 Å². The molecule has 0 bridgehead atoms. The van der Waals surface area contributed by atoms with Gasteiger partial charge in [0.25, 0.3) is 0 Å². The maximum atomic E-state index is 12.3. The summed E-state index contributed by atoms with van der Waals surface area (Å²) in [6, 6.07) is 8.31. The van der Waals surface area contributed by atoms with E-state index in [-0.39, 0.29) is 11.3 Å². The number of nitrogens with zero attached hydrogens (tertiary/aromatic N) is 3. The summed E-state index contributed by atoms with van der Waals surface area (Å²) in [4.78, 5) is 31.5. The van der Waals surface area contributed by atoms with E-state index in [1.807, 2.05) is 26.8 Å². The van der Waals surface area contributed by atoms with Crippen LogP contribution in [-0.4, -0.2) is 27.1 Å². The lowest BCUT2D eigenvalue weighted by molar-refractivity contribution is -0.114. The molecule has 3 aromatic rings. The molecule has 0 fully saturated rings. The Bertz CT molecular complexity index is 1150. The Morgan fingerprint density at radius 2 is 1.77 bits per heavy atom. The maximum absolute atomic E-state index is 12.3. The van der Waals surface area contributed by atoms with Crippen LogP contribution in [0.1, 0.15) is 44.7 Å². The Morgan fingerprint density at radius 1 is 0.968 bits per heavy atom. The zero-order valence-corrected chi connectivity index (χ0v) is 17.6. The number of amides is 3.